The zero-order valence-corrected chi connectivity index (χ0v) is 12.7. The van der Waals surface area contributed by atoms with Gasteiger partial charge in [0.1, 0.15) is 5.71 Å². The van der Waals surface area contributed by atoms with Crippen LogP contribution in [0.5, 0.6) is 0 Å². The lowest BCUT2D eigenvalue weighted by Crippen LogP contribution is -2.31. The summed E-state index contributed by atoms with van der Waals surface area (Å²) in [5.41, 5.74) is 8.04. The minimum atomic E-state index is -0.481. The van der Waals surface area contributed by atoms with Crippen molar-refractivity contribution >= 4 is 29.0 Å². The molecule has 0 saturated heterocycles. The molecule has 116 valence electrons. The molecule has 0 spiro atoms. The first-order valence-electron chi connectivity index (χ1n) is 6.86. The van der Waals surface area contributed by atoms with Gasteiger partial charge in [0.05, 0.1) is 18.5 Å². The molecule has 22 heavy (non-hydrogen) atoms. The molecule has 0 fully saturated rings. The molecule has 0 aromatic heterocycles. The summed E-state index contributed by atoms with van der Waals surface area (Å²) in [6, 6.07) is 7.43. The highest BCUT2D eigenvalue weighted by atomic mass is 16.5. The molecule has 1 amide bonds. The Labute approximate surface area is 128 Å². The van der Waals surface area contributed by atoms with Crippen molar-refractivity contribution in [2.75, 3.05) is 12.5 Å². The molecule has 0 aliphatic carbocycles. The summed E-state index contributed by atoms with van der Waals surface area (Å²) in [6.45, 7) is 3.53. The molecule has 0 radical (unpaired) electrons. The second kappa shape index (κ2) is 6.84. The predicted molar refractivity (Wildman–Crippen MR) is 83.7 cm³/mol. The average Bonchev–Trinajstić information content (AvgIpc) is 2.52. The summed E-state index contributed by atoms with van der Waals surface area (Å²) in [5, 5.41) is 8.04. The normalized spacial score (nSPS) is 18.3. The van der Waals surface area contributed by atoms with E-state index in [9.17, 15) is 9.59 Å². The first kappa shape index (κ1) is 15.7. The Morgan fingerprint density at radius 2 is 2.09 bits per heavy atom. The summed E-state index contributed by atoms with van der Waals surface area (Å²) in [7, 11) is 1.31. The van der Waals surface area contributed by atoms with E-state index < -0.39 is 5.97 Å². The van der Waals surface area contributed by atoms with Crippen molar-refractivity contribution < 1.29 is 14.3 Å². The van der Waals surface area contributed by atoms with Gasteiger partial charge in [-0.05, 0) is 24.6 Å². The number of nitrogens with one attached hydrogen (secondary N) is 2. The summed E-state index contributed by atoms with van der Waals surface area (Å²) >= 11 is 0. The lowest BCUT2D eigenvalue weighted by atomic mass is 9.94. The van der Waals surface area contributed by atoms with Gasteiger partial charge in [-0.2, -0.15) is 10.2 Å². The van der Waals surface area contributed by atoms with Crippen LogP contribution in [0, 0.1) is 5.92 Å². The molecule has 7 nitrogen and oxygen atoms in total. The van der Waals surface area contributed by atoms with Crippen molar-refractivity contribution in [3.8, 4) is 0 Å². The lowest BCUT2D eigenvalue weighted by Gasteiger charge is -2.19. The molecule has 0 saturated carbocycles. The van der Waals surface area contributed by atoms with Crippen LogP contribution in [0.3, 0.4) is 0 Å². The maximum Gasteiger partial charge on any atom is 0.353 e. The van der Waals surface area contributed by atoms with Crippen molar-refractivity contribution in [1.29, 1.82) is 0 Å². The maximum atomic E-state index is 11.3. The quantitative estimate of drug-likeness (QED) is 0.501. The number of nitrogens with zero attached hydrogens (tertiary/aromatic N) is 2. The Hall–Kier alpha value is -2.70. The largest absolute Gasteiger partial charge is 0.464 e. The number of esters is 1. The second-order valence-corrected chi connectivity index (χ2v) is 5.02. The highest BCUT2D eigenvalue weighted by molar-refractivity contribution is 6.35. The number of anilines is 1. The van der Waals surface area contributed by atoms with Crippen molar-refractivity contribution in [1.82, 2.24) is 5.43 Å². The Balaban J connectivity index is 2.08. The van der Waals surface area contributed by atoms with Crippen LogP contribution >= 0.6 is 0 Å². The summed E-state index contributed by atoms with van der Waals surface area (Å²) < 4.78 is 4.56. The van der Waals surface area contributed by atoms with Crippen LogP contribution in [0.25, 0.3) is 0 Å². The number of hydrogen-bond acceptors (Lipinski definition) is 6. The summed E-state index contributed by atoms with van der Waals surface area (Å²) in [4.78, 5) is 22.5. The number of amides is 1. The van der Waals surface area contributed by atoms with Crippen LogP contribution in [-0.2, 0) is 14.3 Å². The second-order valence-electron chi connectivity index (χ2n) is 5.02. The molecule has 1 aliphatic rings. The van der Waals surface area contributed by atoms with E-state index in [1.54, 1.807) is 6.92 Å². The summed E-state index contributed by atoms with van der Waals surface area (Å²) in [6.07, 6.45) is 0.432. The Bertz CT molecular complexity index is 635. The zero-order valence-electron chi connectivity index (χ0n) is 12.7. The van der Waals surface area contributed by atoms with Gasteiger partial charge in [0.2, 0.25) is 5.91 Å². The molecular formula is C15H18N4O3. The summed E-state index contributed by atoms with van der Waals surface area (Å²) in [5.74, 6) is -0.473. The number of benzene rings is 1. The molecule has 1 aliphatic heterocycles. The standard InChI is InChI=1S/C15H18N4O3/c1-9-8-13(20)18-19-14(9)11-4-6-12(7-5-11)17-16-10(2)15(21)22-3/h4-7,9,17H,8H2,1-3H3,(H,18,20)/b16-10-. The number of methoxy groups -OCH3 is 1. The molecular weight excluding hydrogens is 284 g/mol. The van der Waals surface area contributed by atoms with Gasteiger partial charge in [-0.1, -0.05) is 19.1 Å². The molecule has 1 unspecified atom stereocenters. The third kappa shape index (κ3) is 3.69. The Morgan fingerprint density at radius 3 is 2.68 bits per heavy atom. The van der Waals surface area contributed by atoms with Crippen molar-refractivity contribution in [3.05, 3.63) is 29.8 Å². The van der Waals surface area contributed by atoms with E-state index in [2.05, 4.69) is 25.8 Å². The van der Waals surface area contributed by atoms with Crippen LogP contribution in [0.2, 0.25) is 0 Å². The van der Waals surface area contributed by atoms with Gasteiger partial charge in [-0.3, -0.25) is 10.2 Å². The van der Waals surface area contributed by atoms with E-state index in [0.717, 1.165) is 17.0 Å². The number of carbonyl (C=O) groups is 2. The Kier molecular flexibility index (Phi) is 4.88. The van der Waals surface area contributed by atoms with Gasteiger partial charge in [0.15, 0.2) is 0 Å². The SMILES string of the molecule is COC(=O)/C(C)=N\Nc1ccc(C2=NNC(=O)CC2C)cc1. The Morgan fingerprint density at radius 1 is 1.41 bits per heavy atom. The number of carbonyl (C=O) groups excluding carboxylic acids is 2. The van der Waals surface area contributed by atoms with Crippen LogP contribution in [0.15, 0.2) is 34.5 Å². The molecule has 1 atom stereocenters. The van der Waals surface area contributed by atoms with E-state index >= 15 is 0 Å². The van der Waals surface area contributed by atoms with Crippen molar-refractivity contribution in [2.45, 2.75) is 20.3 Å². The highest BCUT2D eigenvalue weighted by Crippen LogP contribution is 2.18. The number of hydrazone groups is 2. The maximum absolute atomic E-state index is 11.3. The third-order valence-corrected chi connectivity index (χ3v) is 3.27. The smallest absolute Gasteiger partial charge is 0.353 e. The fraction of sp³-hybridized carbons (Fsp3) is 0.333. The topological polar surface area (TPSA) is 92.2 Å². The first-order chi connectivity index (χ1) is 10.5. The van der Waals surface area contributed by atoms with Gasteiger partial charge in [-0.15, -0.1) is 0 Å². The van der Waals surface area contributed by atoms with E-state index in [-0.39, 0.29) is 17.5 Å². The van der Waals surface area contributed by atoms with Crippen LogP contribution in [0.4, 0.5) is 5.69 Å². The van der Waals surface area contributed by atoms with Gasteiger partial charge in [0, 0.05) is 12.3 Å². The number of hydrogen-bond donors (Lipinski definition) is 2. The lowest BCUT2D eigenvalue weighted by molar-refractivity contribution is -0.132. The number of rotatable bonds is 4. The minimum Gasteiger partial charge on any atom is -0.464 e. The van der Waals surface area contributed by atoms with E-state index in [1.807, 2.05) is 31.2 Å². The van der Waals surface area contributed by atoms with E-state index in [0.29, 0.717) is 6.42 Å². The average molecular weight is 302 g/mol. The molecule has 1 heterocycles. The van der Waals surface area contributed by atoms with Gasteiger partial charge < -0.3 is 4.74 Å². The molecule has 7 heteroatoms. The monoisotopic (exact) mass is 302 g/mol. The van der Waals surface area contributed by atoms with Crippen LogP contribution in [-0.4, -0.2) is 30.4 Å². The van der Waals surface area contributed by atoms with Crippen molar-refractivity contribution in [3.63, 3.8) is 0 Å². The van der Waals surface area contributed by atoms with Crippen LogP contribution < -0.4 is 10.9 Å². The van der Waals surface area contributed by atoms with Gasteiger partial charge >= 0.3 is 5.97 Å². The molecule has 1 aromatic carbocycles. The molecule has 2 N–H and O–H groups in total. The third-order valence-electron chi connectivity index (χ3n) is 3.27. The van der Waals surface area contributed by atoms with E-state index in [4.69, 9.17) is 0 Å². The van der Waals surface area contributed by atoms with Gasteiger partial charge in [-0.25, -0.2) is 10.2 Å². The minimum absolute atomic E-state index is 0.0674. The fourth-order valence-corrected chi connectivity index (χ4v) is 2.06. The molecule has 2 rings (SSSR count). The fourth-order valence-electron chi connectivity index (χ4n) is 2.06. The first-order valence-corrected chi connectivity index (χ1v) is 6.86. The van der Waals surface area contributed by atoms with Gasteiger partial charge in [0.25, 0.3) is 0 Å². The molecule has 1 aromatic rings. The predicted octanol–water partition coefficient (Wildman–Crippen LogP) is 1.51. The van der Waals surface area contributed by atoms with E-state index in [1.165, 1.54) is 7.11 Å². The highest BCUT2D eigenvalue weighted by Gasteiger charge is 2.21. The van der Waals surface area contributed by atoms with Crippen LogP contribution in [0.1, 0.15) is 25.8 Å². The number of ether oxygens (including phenoxy) is 1. The van der Waals surface area contributed by atoms with Crippen molar-refractivity contribution in [2.24, 2.45) is 16.1 Å². The molecule has 0 bridgehead atoms. The zero-order chi connectivity index (χ0) is 16.1.